The minimum atomic E-state index is -0.344. The molecule has 1 aromatic heterocycles. The van der Waals surface area contributed by atoms with Gasteiger partial charge in [-0.3, -0.25) is 4.79 Å². The molecule has 0 unspecified atom stereocenters. The molecule has 0 saturated heterocycles. The fraction of sp³-hybridized carbons (Fsp3) is 0.375. The predicted molar refractivity (Wildman–Crippen MR) is 120 cm³/mol. The molecular formula is C24H26FNO4S. The third-order valence-corrected chi connectivity index (χ3v) is 6.54. The molecule has 5 nitrogen and oxygen atoms in total. The van der Waals surface area contributed by atoms with E-state index in [2.05, 4.69) is 19.2 Å². The third kappa shape index (κ3) is 4.38. The Morgan fingerprint density at radius 3 is 2.71 bits per heavy atom. The normalized spacial score (nSPS) is 14.5. The lowest BCUT2D eigenvalue weighted by Crippen LogP contribution is -2.31. The third-order valence-electron chi connectivity index (χ3n) is 5.34. The zero-order valence-electron chi connectivity index (χ0n) is 17.9. The monoisotopic (exact) mass is 443 g/mol. The summed E-state index contributed by atoms with van der Waals surface area (Å²) in [6.07, 6.45) is 0.832. The lowest BCUT2D eigenvalue weighted by molar-refractivity contribution is 0.0925. The summed E-state index contributed by atoms with van der Waals surface area (Å²) < 4.78 is 32.0. The van der Waals surface area contributed by atoms with Gasteiger partial charge >= 0.3 is 0 Å². The first-order chi connectivity index (χ1) is 15.0. The zero-order valence-corrected chi connectivity index (χ0v) is 18.7. The van der Waals surface area contributed by atoms with Gasteiger partial charge in [-0.15, -0.1) is 11.3 Å². The van der Waals surface area contributed by atoms with Gasteiger partial charge < -0.3 is 19.5 Å². The fourth-order valence-corrected chi connectivity index (χ4v) is 4.97. The number of ether oxygens (including phenoxy) is 3. The van der Waals surface area contributed by atoms with Crippen LogP contribution in [0.3, 0.4) is 0 Å². The number of methoxy groups -OCH3 is 1. The molecule has 1 aliphatic heterocycles. The number of halogens is 1. The van der Waals surface area contributed by atoms with Crippen LogP contribution in [-0.2, 0) is 11.3 Å². The minimum absolute atomic E-state index is 0.130. The highest BCUT2D eigenvalue weighted by Gasteiger charge is 2.26. The molecule has 1 atom stereocenters. The highest BCUT2D eigenvalue weighted by atomic mass is 32.1. The van der Waals surface area contributed by atoms with Crippen LogP contribution in [0.4, 0.5) is 4.39 Å². The molecule has 2 aromatic carbocycles. The summed E-state index contributed by atoms with van der Waals surface area (Å²) in [7, 11) is 1.54. The van der Waals surface area contributed by atoms with Crippen molar-refractivity contribution >= 4 is 27.3 Å². The topological polar surface area (TPSA) is 56.8 Å². The molecule has 0 saturated carbocycles. The van der Waals surface area contributed by atoms with Crippen LogP contribution in [0, 0.1) is 11.7 Å². The van der Waals surface area contributed by atoms with Crippen molar-refractivity contribution in [3.8, 4) is 11.5 Å². The van der Waals surface area contributed by atoms with E-state index in [1.54, 1.807) is 13.2 Å². The minimum Gasteiger partial charge on any atom is -0.490 e. The number of carbonyl (C=O) groups is 1. The second kappa shape index (κ2) is 9.24. The molecule has 1 amide bonds. The van der Waals surface area contributed by atoms with Crippen molar-refractivity contribution in [3.63, 3.8) is 0 Å². The van der Waals surface area contributed by atoms with Gasteiger partial charge in [0, 0.05) is 29.2 Å². The Morgan fingerprint density at radius 1 is 1.19 bits per heavy atom. The van der Waals surface area contributed by atoms with Crippen molar-refractivity contribution < 1.29 is 23.4 Å². The number of hydrogen-bond donors (Lipinski definition) is 1. The average molecular weight is 444 g/mol. The summed E-state index contributed by atoms with van der Waals surface area (Å²) in [4.78, 5) is 13.8. The van der Waals surface area contributed by atoms with Crippen molar-refractivity contribution in [1.82, 2.24) is 5.32 Å². The number of nitrogens with one attached hydrogen (secondary N) is 1. The summed E-state index contributed by atoms with van der Waals surface area (Å²) in [6.45, 7) is 5.49. The Labute approximate surface area is 185 Å². The second-order valence-corrected chi connectivity index (χ2v) is 8.96. The molecule has 2 heterocycles. The quantitative estimate of drug-likeness (QED) is 0.548. The molecule has 3 aromatic rings. The van der Waals surface area contributed by atoms with Crippen LogP contribution in [0.25, 0.3) is 10.1 Å². The Bertz CT molecular complexity index is 1090. The molecule has 1 aliphatic rings. The van der Waals surface area contributed by atoms with E-state index < -0.39 is 0 Å². The SMILES string of the molecule is COCc1c(C(=O)N[C@H](c2ccc3c(c2)OCCCO3)C(C)C)sc2cccc(F)c12. The van der Waals surface area contributed by atoms with E-state index in [0.29, 0.717) is 34.8 Å². The van der Waals surface area contributed by atoms with Crippen LogP contribution >= 0.6 is 11.3 Å². The number of amides is 1. The molecule has 0 spiro atoms. The van der Waals surface area contributed by atoms with Crippen molar-refractivity contribution in [2.45, 2.75) is 32.9 Å². The first-order valence-corrected chi connectivity index (χ1v) is 11.2. The van der Waals surface area contributed by atoms with Gasteiger partial charge in [0.25, 0.3) is 5.91 Å². The van der Waals surface area contributed by atoms with Crippen LogP contribution in [0.1, 0.15) is 47.1 Å². The maximum atomic E-state index is 14.5. The lowest BCUT2D eigenvalue weighted by Gasteiger charge is -2.24. The van der Waals surface area contributed by atoms with E-state index in [4.69, 9.17) is 14.2 Å². The Kier molecular flexibility index (Phi) is 6.43. The van der Waals surface area contributed by atoms with Gasteiger partial charge in [-0.1, -0.05) is 26.0 Å². The number of hydrogen-bond acceptors (Lipinski definition) is 5. The summed E-state index contributed by atoms with van der Waals surface area (Å²) in [5.74, 6) is 0.962. The van der Waals surface area contributed by atoms with Gasteiger partial charge in [0.05, 0.1) is 30.7 Å². The summed E-state index contributed by atoms with van der Waals surface area (Å²) >= 11 is 1.28. The van der Waals surface area contributed by atoms with Crippen molar-refractivity contribution in [2.75, 3.05) is 20.3 Å². The van der Waals surface area contributed by atoms with E-state index in [9.17, 15) is 9.18 Å². The highest BCUT2D eigenvalue weighted by molar-refractivity contribution is 7.21. The molecule has 0 aliphatic carbocycles. The van der Waals surface area contributed by atoms with Crippen LogP contribution in [0.15, 0.2) is 36.4 Å². The maximum Gasteiger partial charge on any atom is 0.262 e. The number of rotatable bonds is 6. The van der Waals surface area contributed by atoms with Crippen LogP contribution in [0.5, 0.6) is 11.5 Å². The van der Waals surface area contributed by atoms with Crippen LogP contribution < -0.4 is 14.8 Å². The first kappa shape index (κ1) is 21.6. The zero-order chi connectivity index (χ0) is 22.0. The van der Waals surface area contributed by atoms with Gasteiger partial charge in [0.1, 0.15) is 5.82 Å². The van der Waals surface area contributed by atoms with E-state index in [-0.39, 0.29) is 30.3 Å². The molecule has 1 N–H and O–H groups in total. The highest BCUT2D eigenvalue weighted by Crippen LogP contribution is 2.36. The van der Waals surface area contributed by atoms with Gasteiger partial charge in [-0.05, 0) is 35.7 Å². The van der Waals surface area contributed by atoms with E-state index >= 15 is 0 Å². The maximum absolute atomic E-state index is 14.5. The van der Waals surface area contributed by atoms with Crippen molar-refractivity contribution in [1.29, 1.82) is 0 Å². The van der Waals surface area contributed by atoms with Crippen molar-refractivity contribution in [3.05, 3.63) is 58.2 Å². The van der Waals surface area contributed by atoms with Crippen molar-refractivity contribution in [2.24, 2.45) is 5.92 Å². The molecule has 4 rings (SSSR count). The standard InChI is InChI=1S/C24H26FNO4S/c1-14(2)22(15-8-9-18-19(12-15)30-11-5-10-29-18)26-24(27)23-16(13-28-3)21-17(25)6-4-7-20(21)31-23/h4,6-9,12,14,22H,5,10-11,13H2,1-3H3,(H,26,27)/t22-/m0/s1. The Morgan fingerprint density at radius 2 is 1.97 bits per heavy atom. The number of thiophene rings is 1. The van der Waals surface area contributed by atoms with E-state index in [0.717, 1.165) is 22.4 Å². The summed E-state index contributed by atoms with van der Waals surface area (Å²) in [6, 6.07) is 10.4. The van der Waals surface area contributed by atoms with Gasteiger partial charge in [0.2, 0.25) is 0 Å². The Balaban J connectivity index is 1.67. The van der Waals surface area contributed by atoms with E-state index in [1.807, 2.05) is 24.3 Å². The van der Waals surface area contributed by atoms with Crippen LogP contribution in [0.2, 0.25) is 0 Å². The molecule has 0 fully saturated rings. The Hall–Kier alpha value is -2.64. The average Bonchev–Trinajstić information content (AvgIpc) is 2.96. The molecular weight excluding hydrogens is 417 g/mol. The second-order valence-electron chi connectivity index (χ2n) is 7.91. The van der Waals surface area contributed by atoms with Crippen LogP contribution in [-0.4, -0.2) is 26.2 Å². The van der Waals surface area contributed by atoms with Gasteiger partial charge in [0.15, 0.2) is 11.5 Å². The largest absolute Gasteiger partial charge is 0.490 e. The molecule has 164 valence electrons. The van der Waals surface area contributed by atoms with E-state index in [1.165, 1.54) is 17.4 Å². The number of fused-ring (bicyclic) bond motifs is 2. The fourth-order valence-electron chi connectivity index (χ4n) is 3.85. The number of benzene rings is 2. The molecule has 7 heteroatoms. The molecule has 31 heavy (non-hydrogen) atoms. The first-order valence-electron chi connectivity index (χ1n) is 10.4. The predicted octanol–water partition coefficient (Wildman–Crippen LogP) is 5.48. The molecule has 0 radical (unpaired) electrons. The lowest BCUT2D eigenvalue weighted by atomic mass is 9.95. The van der Waals surface area contributed by atoms with Gasteiger partial charge in [-0.2, -0.15) is 0 Å². The number of carbonyl (C=O) groups excluding carboxylic acids is 1. The van der Waals surface area contributed by atoms with Gasteiger partial charge in [-0.25, -0.2) is 4.39 Å². The smallest absolute Gasteiger partial charge is 0.262 e. The summed E-state index contributed by atoms with van der Waals surface area (Å²) in [5.41, 5.74) is 1.52. The molecule has 0 bridgehead atoms. The summed E-state index contributed by atoms with van der Waals surface area (Å²) in [5, 5.41) is 3.60.